The molecule has 0 bridgehead atoms. The minimum Gasteiger partial charge on any atom is -0.375 e. The van der Waals surface area contributed by atoms with Crippen molar-refractivity contribution in [1.82, 2.24) is 9.88 Å². The van der Waals surface area contributed by atoms with E-state index in [2.05, 4.69) is 11.1 Å². The van der Waals surface area contributed by atoms with Crippen LogP contribution in [0.25, 0.3) is 12.3 Å². The third-order valence-electron chi connectivity index (χ3n) is 1.94. The zero-order valence-electron chi connectivity index (χ0n) is 7.09. The van der Waals surface area contributed by atoms with Gasteiger partial charge in [0.25, 0.3) is 0 Å². The van der Waals surface area contributed by atoms with Gasteiger partial charge in [0.05, 0.1) is 10.4 Å². The van der Waals surface area contributed by atoms with E-state index in [-0.39, 0.29) is 0 Å². The molecule has 0 spiro atoms. The van der Waals surface area contributed by atoms with E-state index < -0.39 is 0 Å². The Kier molecular flexibility index (Phi) is 2.18. The summed E-state index contributed by atoms with van der Waals surface area (Å²) in [5.41, 5.74) is 0. The normalized spacial score (nSPS) is 14.5. The van der Waals surface area contributed by atoms with Crippen molar-refractivity contribution in [1.29, 1.82) is 0 Å². The third-order valence-corrected chi connectivity index (χ3v) is 2.61. The average molecular weight is 215 g/mol. The zero-order valence-corrected chi connectivity index (χ0v) is 8.60. The molecule has 1 aromatic heterocycles. The number of nitrogens with zero attached hydrogens (tertiary/aromatic N) is 2. The van der Waals surface area contributed by atoms with E-state index in [0.717, 1.165) is 17.1 Å². The highest BCUT2D eigenvalue weighted by Gasteiger charge is 2.03. The van der Waals surface area contributed by atoms with Crippen molar-refractivity contribution < 1.29 is 0 Å². The average Bonchev–Trinajstić information content (AvgIpc) is 2.08. The van der Waals surface area contributed by atoms with Gasteiger partial charge in [0.15, 0.2) is 0 Å². The molecule has 68 valence electrons. The molecule has 1 aliphatic heterocycles. The highest BCUT2D eigenvalue weighted by atomic mass is 35.5. The summed E-state index contributed by atoms with van der Waals surface area (Å²) in [4.78, 5) is 6.21. The van der Waals surface area contributed by atoms with E-state index in [1.165, 1.54) is 0 Å². The van der Waals surface area contributed by atoms with Crippen LogP contribution in [0.1, 0.15) is 0 Å². The third kappa shape index (κ3) is 1.64. The maximum atomic E-state index is 5.84. The summed E-state index contributed by atoms with van der Waals surface area (Å²) in [7, 11) is 1.99. The van der Waals surface area contributed by atoms with Crippen LogP contribution in [0.3, 0.4) is 0 Å². The van der Waals surface area contributed by atoms with Gasteiger partial charge in [-0.25, -0.2) is 4.98 Å². The van der Waals surface area contributed by atoms with Crippen LogP contribution in [-0.2, 0) is 0 Å². The molecule has 4 heteroatoms. The predicted octanol–water partition coefficient (Wildman–Crippen LogP) is 0.852. The molecule has 0 amide bonds. The molecule has 0 saturated heterocycles. The Morgan fingerprint density at radius 1 is 1.46 bits per heavy atom. The first-order chi connectivity index (χ1) is 6.16. The fraction of sp³-hybridized carbons (Fsp3) is 0.222. The smallest absolute Gasteiger partial charge is 0.148 e. The van der Waals surface area contributed by atoms with Gasteiger partial charge in [-0.15, -0.1) is 0 Å². The van der Waals surface area contributed by atoms with Gasteiger partial charge in [-0.1, -0.05) is 29.3 Å². The summed E-state index contributed by atoms with van der Waals surface area (Å²) in [5, 5.41) is 2.80. The van der Waals surface area contributed by atoms with Crippen LogP contribution in [0, 0.1) is 0 Å². The van der Waals surface area contributed by atoms with Crippen LogP contribution in [-0.4, -0.2) is 23.5 Å². The first-order valence-corrected chi connectivity index (χ1v) is 4.67. The molecule has 1 aliphatic rings. The Bertz CT molecular complexity index is 453. The molecular formula is C9H8Cl2N2. The van der Waals surface area contributed by atoms with Crippen molar-refractivity contribution >= 4 is 35.5 Å². The Hall–Kier alpha value is -0.730. The van der Waals surface area contributed by atoms with Crippen molar-refractivity contribution in [3.8, 4) is 0 Å². The summed E-state index contributed by atoms with van der Waals surface area (Å²) < 4.78 is 0. The minimum absolute atomic E-state index is 0.361. The first kappa shape index (κ1) is 8.85. The Morgan fingerprint density at radius 2 is 2.23 bits per heavy atom. The second kappa shape index (κ2) is 3.20. The number of fused-ring (bicyclic) bond motifs is 1. The van der Waals surface area contributed by atoms with Gasteiger partial charge in [-0.2, -0.15) is 0 Å². The van der Waals surface area contributed by atoms with E-state index in [1.807, 2.05) is 24.2 Å². The lowest BCUT2D eigenvalue weighted by molar-refractivity contribution is 0.561. The van der Waals surface area contributed by atoms with Gasteiger partial charge < -0.3 is 4.90 Å². The monoisotopic (exact) mass is 214 g/mol. The molecule has 0 aliphatic carbocycles. The number of pyridine rings is 1. The van der Waals surface area contributed by atoms with Gasteiger partial charge in [0, 0.05) is 25.0 Å². The second-order valence-corrected chi connectivity index (χ2v) is 3.77. The van der Waals surface area contributed by atoms with E-state index in [0.29, 0.717) is 10.2 Å². The maximum absolute atomic E-state index is 5.84. The van der Waals surface area contributed by atoms with Crippen LogP contribution in [0.15, 0.2) is 6.07 Å². The molecule has 1 aromatic rings. The van der Waals surface area contributed by atoms with Crippen LogP contribution < -0.4 is 10.6 Å². The Balaban J connectivity index is 2.75. The Labute approximate surface area is 86.1 Å². The Morgan fingerprint density at radius 3 is 3.00 bits per heavy atom. The van der Waals surface area contributed by atoms with Gasteiger partial charge >= 0.3 is 0 Å². The number of hydrogen-bond donors (Lipinski definition) is 0. The van der Waals surface area contributed by atoms with Crippen LogP contribution in [0.2, 0.25) is 10.2 Å². The largest absolute Gasteiger partial charge is 0.375 e. The maximum Gasteiger partial charge on any atom is 0.148 e. The highest BCUT2D eigenvalue weighted by Crippen LogP contribution is 2.14. The number of hydrogen-bond acceptors (Lipinski definition) is 2. The van der Waals surface area contributed by atoms with Crippen molar-refractivity contribution in [2.45, 2.75) is 0 Å². The van der Waals surface area contributed by atoms with Gasteiger partial charge in [0.2, 0.25) is 0 Å². The molecule has 0 radical (unpaired) electrons. The van der Waals surface area contributed by atoms with E-state index in [4.69, 9.17) is 23.2 Å². The van der Waals surface area contributed by atoms with Crippen molar-refractivity contribution in [2.24, 2.45) is 0 Å². The lowest BCUT2D eigenvalue weighted by Gasteiger charge is -2.14. The molecule has 2 nitrogen and oxygen atoms in total. The van der Waals surface area contributed by atoms with E-state index in [1.54, 1.807) is 0 Å². The lowest BCUT2D eigenvalue weighted by Crippen LogP contribution is -2.36. The number of rotatable bonds is 0. The molecule has 0 aromatic carbocycles. The fourth-order valence-corrected chi connectivity index (χ4v) is 1.57. The molecule has 0 N–H and O–H groups in total. The topological polar surface area (TPSA) is 16.1 Å². The van der Waals surface area contributed by atoms with Crippen molar-refractivity contribution in [3.05, 3.63) is 26.8 Å². The zero-order chi connectivity index (χ0) is 9.42. The van der Waals surface area contributed by atoms with Crippen LogP contribution in [0.4, 0.5) is 0 Å². The molecule has 0 atom stereocenters. The van der Waals surface area contributed by atoms with Gasteiger partial charge in [0.1, 0.15) is 5.15 Å². The summed E-state index contributed by atoms with van der Waals surface area (Å²) >= 11 is 11.6. The fourth-order valence-electron chi connectivity index (χ4n) is 1.26. The molecule has 0 fully saturated rings. The van der Waals surface area contributed by atoms with Crippen molar-refractivity contribution in [3.63, 3.8) is 0 Å². The van der Waals surface area contributed by atoms with Gasteiger partial charge in [-0.05, 0) is 6.07 Å². The summed E-state index contributed by atoms with van der Waals surface area (Å²) in [6.07, 6.45) is 4.03. The van der Waals surface area contributed by atoms with Crippen molar-refractivity contribution in [2.75, 3.05) is 13.6 Å². The molecular weight excluding hydrogens is 207 g/mol. The molecule has 2 rings (SSSR count). The summed E-state index contributed by atoms with van der Waals surface area (Å²) in [6.45, 7) is 0.882. The summed E-state index contributed by atoms with van der Waals surface area (Å²) in [5.74, 6) is 0. The molecule has 13 heavy (non-hydrogen) atoms. The first-order valence-electron chi connectivity index (χ1n) is 3.91. The quantitative estimate of drug-likeness (QED) is 0.596. The minimum atomic E-state index is 0.361. The number of aromatic nitrogens is 1. The van der Waals surface area contributed by atoms with E-state index in [9.17, 15) is 0 Å². The lowest BCUT2D eigenvalue weighted by atomic mass is 10.3. The molecule has 2 heterocycles. The standard InChI is InChI=1S/C9H8Cl2N2/c1-13-3-2-6-4-7(10)9(11)12-8(6)5-13/h2,4-5H,3H2,1H3. The van der Waals surface area contributed by atoms with Crippen LogP contribution in [0.5, 0.6) is 0 Å². The summed E-state index contributed by atoms with van der Waals surface area (Å²) in [6, 6.07) is 1.84. The van der Waals surface area contributed by atoms with Crippen LogP contribution >= 0.6 is 23.2 Å². The van der Waals surface area contributed by atoms with Gasteiger partial charge in [-0.3, -0.25) is 0 Å². The SMILES string of the molecule is CN1C=c2nc(Cl)c(Cl)cc2=CC1. The number of halogens is 2. The predicted molar refractivity (Wildman–Crippen MR) is 55.1 cm³/mol. The second-order valence-electron chi connectivity index (χ2n) is 3.01. The molecule has 0 saturated carbocycles. The highest BCUT2D eigenvalue weighted by molar-refractivity contribution is 6.41. The molecule has 0 unspecified atom stereocenters. The van der Waals surface area contributed by atoms with E-state index >= 15 is 0 Å².